The van der Waals surface area contributed by atoms with Crippen LogP contribution in [0.25, 0.3) is 0 Å². The molecule has 8 nitrogen and oxygen atoms in total. The van der Waals surface area contributed by atoms with E-state index in [0.29, 0.717) is 57.1 Å². The first-order chi connectivity index (χ1) is 16.4. The Morgan fingerprint density at radius 2 is 1.76 bits per heavy atom. The lowest BCUT2D eigenvalue weighted by Gasteiger charge is -2.38. The molecule has 1 unspecified atom stereocenters. The van der Waals surface area contributed by atoms with Crippen LogP contribution < -0.4 is 15.1 Å². The van der Waals surface area contributed by atoms with Crippen LogP contribution in [0.5, 0.6) is 5.75 Å². The molecule has 0 aliphatic carbocycles. The molecule has 34 heavy (non-hydrogen) atoms. The lowest BCUT2D eigenvalue weighted by atomic mass is 9.92. The number of ether oxygens (including phenoxy) is 1. The van der Waals surface area contributed by atoms with Gasteiger partial charge in [-0.15, -0.1) is 0 Å². The van der Waals surface area contributed by atoms with Crippen LogP contribution in [0, 0.1) is 5.92 Å². The Kier molecular flexibility index (Phi) is 9.56. The van der Waals surface area contributed by atoms with Gasteiger partial charge in [0.1, 0.15) is 11.9 Å². The molecule has 1 heterocycles. The Morgan fingerprint density at radius 3 is 2.38 bits per heavy atom. The highest BCUT2D eigenvalue weighted by Crippen LogP contribution is 2.27. The summed E-state index contributed by atoms with van der Waals surface area (Å²) in [5.74, 6) is -1.41. The van der Waals surface area contributed by atoms with E-state index in [-0.39, 0.29) is 5.91 Å². The number of halogens is 1. The van der Waals surface area contributed by atoms with E-state index >= 15 is 0 Å². The fourth-order valence-electron chi connectivity index (χ4n) is 4.22. The van der Waals surface area contributed by atoms with E-state index in [1.807, 2.05) is 55.5 Å². The average Bonchev–Trinajstić information content (AvgIpc) is 2.87. The van der Waals surface area contributed by atoms with Crippen LogP contribution in [0.15, 0.2) is 48.5 Å². The van der Waals surface area contributed by atoms with Gasteiger partial charge in [0, 0.05) is 26.2 Å². The van der Waals surface area contributed by atoms with Gasteiger partial charge in [0.05, 0.1) is 23.2 Å². The Bertz CT molecular complexity index is 948. The minimum absolute atomic E-state index is 0.290. The van der Waals surface area contributed by atoms with Crippen LogP contribution in [0.4, 0.5) is 5.69 Å². The number of aliphatic hydroxyl groups excluding tert-OH is 1. The van der Waals surface area contributed by atoms with Crippen LogP contribution in [0.3, 0.4) is 0 Å². The standard InChI is InChI=1S/C25H32ClN3O5/c1-2-34-19-12-10-18(11-13-19)6-5-7-20(23(30)24(31)27-33)25(32)29-16-14-28(15-17-29)22-9-4-3-8-21(22)26/h3-4,8-13,20,23,30,33H,2,5-7,14-17H2,1H3,(H,27,31)/t20?,23-/m0/s1. The Balaban J connectivity index is 1.60. The number of aliphatic hydroxyl groups is 1. The number of carbonyl (C=O) groups is 2. The number of para-hydroxylation sites is 1. The van der Waals surface area contributed by atoms with Gasteiger partial charge < -0.3 is 19.6 Å². The number of benzene rings is 2. The third-order valence-corrected chi connectivity index (χ3v) is 6.40. The van der Waals surface area contributed by atoms with Gasteiger partial charge in [0.25, 0.3) is 5.91 Å². The Labute approximate surface area is 205 Å². The molecule has 1 aliphatic heterocycles. The number of anilines is 1. The summed E-state index contributed by atoms with van der Waals surface area (Å²) in [5, 5.41) is 20.1. The second kappa shape index (κ2) is 12.6. The van der Waals surface area contributed by atoms with E-state index in [1.54, 1.807) is 4.90 Å². The van der Waals surface area contributed by atoms with Gasteiger partial charge in [-0.3, -0.25) is 14.8 Å². The van der Waals surface area contributed by atoms with Crippen molar-refractivity contribution in [1.29, 1.82) is 0 Å². The molecule has 2 aromatic carbocycles. The number of aryl methyl sites for hydroxylation is 1. The number of hydroxylamine groups is 1. The lowest BCUT2D eigenvalue weighted by Crippen LogP contribution is -2.53. The van der Waals surface area contributed by atoms with Crippen molar-refractivity contribution in [3.63, 3.8) is 0 Å². The molecule has 2 atom stereocenters. The van der Waals surface area contributed by atoms with Crippen LogP contribution in [0.1, 0.15) is 25.3 Å². The minimum Gasteiger partial charge on any atom is -0.494 e. The molecule has 9 heteroatoms. The summed E-state index contributed by atoms with van der Waals surface area (Å²) in [6, 6.07) is 15.3. The minimum atomic E-state index is -1.63. The van der Waals surface area contributed by atoms with E-state index < -0.39 is 17.9 Å². The Hall–Kier alpha value is -2.81. The summed E-state index contributed by atoms with van der Waals surface area (Å²) in [5.41, 5.74) is 3.46. The van der Waals surface area contributed by atoms with Crippen molar-refractivity contribution >= 4 is 29.1 Å². The van der Waals surface area contributed by atoms with Gasteiger partial charge in [-0.25, -0.2) is 5.48 Å². The van der Waals surface area contributed by atoms with E-state index in [0.717, 1.165) is 17.0 Å². The number of nitrogens with one attached hydrogen (secondary N) is 1. The predicted molar refractivity (Wildman–Crippen MR) is 130 cm³/mol. The van der Waals surface area contributed by atoms with Crippen LogP contribution in [-0.4, -0.2) is 65.9 Å². The van der Waals surface area contributed by atoms with Gasteiger partial charge >= 0.3 is 0 Å². The highest BCUT2D eigenvalue weighted by Gasteiger charge is 2.35. The largest absolute Gasteiger partial charge is 0.494 e. The van der Waals surface area contributed by atoms with Crippen LogP contribution in [-0.2, 0) is 16.0 Å². The summed E-state index contributed by atoms with van der Waals surface area (Å²) < 4.78 is 5.45. The zero-order chi connectivity index (χ0) is 24.5. The molecule has 0 spiro atoms. The normalized spacial score (nSPS) is 15.5. The summed E-state index contributed by atoms with van der Waals surface area (Å²) in [6.07, 6.45) is -0.0332. The van der Waals surface area contributed by atoms with Crippen LogP contribution in [0.2, 0.25) is 5.02 Å². The summed E-state index contributed by atoms with van der Waals surface area (Å²) in [6.45, 7) is 4.61. The molecule has 3 N–H and O–H groups in total. The zero-order valence-corrected chi connectivity index (χ0v) is 20.1. The van der Waals surface area contributed by atoms with Gasteiger partial charge in [0.15, 0.2) is 0 Å². The quantitative estimate of drug-likeness (QED) is 0.350. The fourth-order valence-corrected chi connectivity index (χ4v) is 4.48. The molecule has 0 radical (unpaired) electrons. The first-order valence-electron chi connectivity index (χ1n) is 11.6. The van der Waals surface area contributed by atoms with Gasteiger partial charge in [-0.05, 0) is 56.0 Å². The topological polar surface area (TPSA) is 102 Å². The summed E-state index contributed by atoms with van der Waals surface area (Å²) >= 11 is 6.30. The monoisotopic (exact) mass is 489 g/mol. The number of carbonyl (C=O) groups excluding carboxylic acids is 2. The third-order valence-electron chi connectivity index (χ3n) is 6.08. The Morgan fingerprint density at radius 1 is 1.09 bits per heavy atom. The van der Waals surface area contributed by atoms with Crippen molar-refractivity contribution in [3.8, 4) is 5.75 Å². The molecular formula is C25H32ClN3O5. The number of rotatable bonds is 10. The molecular weight excluding hydrogens is 458 g/mol. The van der Waals surface area contributed by atoms with E-state index in [9.17, 15) is 14.7 Å². The highest BCUT2D eigenvalue weighted by molar-refractivity contribution is 6.33. The maximum absolute atomic E-state index is 13.3. The molecule has 2 amide bonds. The number of piperazine rings is 1. The number of nitrogens with zero attached hydrogens (tertiary/aromatic N) is 2. The van der Waals surface area contributed by atoms with Crippen molar-refractivity contribution in [2.45, 2.75) is 32.3 Å². The maximum Gasteiger partial charge on any atom is 0.272 e. The molecule has 3 rings (SSSR count). The van der Waals surface area contributed by atoms with E-state index in [2.05, 4.69) is 4.90 Å². The van der Waals surface area contributed by atoms with Crippen molar-refractivity contribution in [3.05, 3.63) is 59.1 Å². The molecule has 0 saturated carbocycles. The van der Waals surface area contributed by atoms with Crippen LogP contribution >= 0.6 is 11.6 Å². The van der Waals surface area contributed by atoms with Crippen molar-refractivity contribution in [2.75, 3.05) is 37.7 Å². The smallest absolute Gasteiger partial charge is 0.272 e. The molecule has 0 bridgehead atoms. The molecule has 0 aromatic heterocycles. The second-order valence-corrected chi connectivity index (χ2v) is 8.67. The summed E-state index contributed by atoms with van der Waals surface area (Å²) in [4.78, 5) is 29.0. The van der Waals surface area contributed by atoms with E-state index in [1.165, 1.54) is 5.48 Å². The number of hydrogen-bond acceptors (Lipinski definition) is 6. The predicted octanol–water partition coefficient (Wildman–Crippen LogP) is 2.89. The van der Waals surface area contributed by atoms with Crippen molar-refractivity contribution in [1.82, 2.24) is 10.4 Å². The van der Waals surface area contributed by atoms with Gasteiger partial charge in [-0.2, -0.15) is 0 Å². The lowest BCUT2D eigenvalue weighted by molar-refractivity contribution is -0.150. The SMILES string of the molecule is CCOc1ccc(CCCC(C(=O)N2CCN(c3ccccc3Cl)CC2)[C@H](O)C(=O)NO)cc1. The molecule has 1 saturated heterocycles. The zero-order valence-electron chi connectivity index (χ0n) is 19.3. The molecule has 1 fully saturated rings. The number of hydrogen-bond donors (Lipinski definition) is 3. The summed E-state index contributed by atoms with van der Waals surface area (Å²) in [7, 11) is 0. The first kappa shape index (κ1) is 25.8. The molecule has 184 valence electrons. The van der Waals surface area contributed by atoms with E-state index in [4.69, 9.17) is 21.5 Å². The van der Waals surface area contributed by atoms with Crippen molar-refractivity contribution in [2.24, 2.45) is 5.92 Å². The highest BCUT2D eigenvalue weighted by atomic mass is 35.5. The van der Waals surface area contributed by atoms with Gasteiger partial charge in [0.2, 0.25) is 5.91 Å². The first-order valence-corrected chi connectivity index (χ1v) is 11.9. The third kappa shape index (κ3) is 6.62. The number of amides is 2. The van der Waals surface area contributed by atoms with Gasteiger partial charge in [-0.1, -0.05) is 35.9 Å². The molecule has 1 aliphatic rings. The fraction of sp³-hybridized carbons (Fsp3) is 0.440. The maximum atomic E-state index is 13.3. The second-order valence-electron chi connectivity index (χ2n) is 8.26. The van der Waals surface area contributed by atoms with Crippen molar-refractivity contribution < 1.29 is 24.6 Å². The average molecular weight is 490 g/mol. The molecule has 2 aromatic rings.